The Kier molecular flexibility index (Phi) is 4.95. The van der Waals surface area contributed by atoms with Gasteiger partial charge in [0, 0.05) is 6.54 Å². The normalized spacial score (nSPS) is 10.2. The summed E-state index contributed by atoms with van der Waals surface area (Å²) in [6.07, 6.45) is 2.84. The van der Waals surface area contributed by atoms with Crippen LogP contribution in [-0.2, 0) is 0 Å². The molecular formula is C10H16N2O2S2. The van der Waals surface area contributed by atoms with Gasteiger partial charge in [-0.3, -0.25) is 4.79 Å². The first-order valence-corrected chi connectivity index (χ1v) is 6.98. The van der Waals surface area contributed by atoms with Crippen molar-refractivity contribution < 1.29 is 9.53 Å². The topological polar surface area (TPSA) is 64.3 Å². The number of thiophene rings is 1. The van der Waals surface area contributed by atoms with Crippen molar-refractivity contribution in [2.45, 2.75) is 17.6 Å². The Balaban J connectivity index is 2.96. The van der Waals surface area contributed by atoms with E-state index in [1.54, 1.807) is 7.11 Å². The summed E-state index contributed by atoms with van der Waals surface area (Å²) in [6, 6.07) is 0. The maximum Gasteiger partial charge on any atom is 0.263 e. The molecule has 4 nitrogen and oxygen atoms in total. The molecule has 0 spiro atoms. The second-order valence-corrected chi connectivity index (χ2v) is 5.22. The van der Waals surface area contributed by atoms with Crippen LogP contribution in [0.15, 0.2) is 4.21 Å². The monoisotopic (exact) mass is 260 g/mol. The number of carbonyl (C=O) groups is 1. The Hall–Kier alpha value is -0.880. The molecule has 3 N–H and O–H groups in total. The molecule has 90 valence electrons. The van der Waals surface area contributed by atoms with E-state index in [2.05, 4.69) is 5.32 Å². The summed E-state index contributed by atoms with van der Waals surface area (Å²) >= 11 is 2.90. The number of hydrogen-bond donors (Lipinski definition) is 2. The number of hydrogen-bond acceptors (Lipinski definition) is 5. The van der Waals surface area contributed by atoms with Crippen molar-refractivity contribution >= 4 is 34.7 Å². The van der Waals surface area contributed by atoms with Crippen LogP contribution in [0.5, 0.6) is 5.75 Å². The zero-order valence-electron chi connectivity index (χ0n) is 9.62. The number of rotatable bonds is 5. The zero-order valence-corrected chi connectivity index (χ0v) is 11.3. The molecule has 0 aromatic carbocycles. The second-order valence-electron chi connectivity index (χ2n) is 3.13. The average Bonchev–Trinajstić information content (AvgIpc) is 2.62. The molecule has 1 aromatic rings. The Morgan fingerprint density at radius 3 is 2.75 bits per heavy atom. The summed E-state index contributed by atoms with van der Waals surface area (Å²) in [5.74, 6) is 0.488. The fourth-order valence-corrected chi connectivity index (χ4v) is 3.02. The largest absolute Gasteiger partial charge is 0.492 e. The summed E-state index contributed by atoms with van der Waals surface area (Å²) in [5.41, 5.74) is 6.31. The number of ether oxygens (including phenoxy) is 1. The van der Waals surface area contributed by atoms with E-state index in [9.17, 15) is 4.79 Å². The standard InChI is InChI=1S/C10H16N2O2S2/c1-4-5-12-9(13)8-6(11)7(14-2)10(15-3)16-8/h4-5,11H2,1-3H3,(H,12,13). The van der Waals surface area contributed by atoms with Crippen molar-refractivity contribution in [2.75, 3.05) is 25.6 Å². The van der Waals surface area contributed by atoms with Gasteiger partial charge in [-0.15, -0.1) is 23.1 Å². The number of nitrogens with one attached hydrogen (secondary N) is 1. The molecule has 1 heterocycles. The van der Waals surface area contributed by atoms with Crippen LogP contribution < -0.4 is 15.8 Å². The van der Waals surface area contributed by atoms with E-state index in [-0.39, 0.29) is 5.91 Å². The van der Waals surface area contributed by atoms with Crippen molar-refractivity contribution in [1.29, 1.82) is 0 Å². The van der Waals surface area contributed by atoms with Gasteiger partial charge in [-0.1, -0.05) is 6.92 Å². The summed E-state index contributed by atoms with van der Waals surface area (Å²) in [5, 5.41) is 2.80. The number of amides is 1. The fraction of sp³-hybridized carbons (Fsp3) is 0.500. The summed E-state index contributed by atoms with van der Waals surface area (Å²) in [6.45, 7) is 2.67. The maximum atomic E-state index is 11.8. The molecule has 0 atom stereocenters. The molecule has 1 amide bonds. The van der Waals surface area contributed by atoms with Crippen LogP contribution in [0.3, 0.4) is 0 Å². The van der Waals surface area contributed by atoms with E-state index in [1.165, 1.54) is 23.1 Å². The van der Waals surface area contributed by atoms with Crippen LogP contribution >= 0.6 is 23.1 Å². The van der Waals surface area contributed by atoms with Crippen molar-refractivity contribution in [3.63, 3.8) is 0 Å². The van der Waals surface area contributed by atoms with Gasteiger partial charge in [0.05, 0.1) is 12.8 Å². The Bertz CT molecular complexity index is 377. The first-order valence-electron chi connectivity index (χ1n) is 4.94. The highest BCUT2D eigenvalue weighted by molar-refractivity contribution is 8.00. The molecule has 0 unspecified atom stereocenters. The van der Waals surface area contributed by atoms with Crippen LogP contribution in [-0.4, -0.2) is 25.8 Å². The predicted octanol–water partition coefficient (Wildman–Crippen LogP) is 2.20. The van der Waals surface area contributed by atoms with Crippen molar-refractivity contribution in [3.05, 3.63) is 4.88 Å². The summed E-state index contributed by atoms with van der Waals surface area (Å²) < 4.78 is 6.12. The molecule has 0 saturated carbocycles. The van der Waals surface area contributed by atoms with Gasteiger partial charge in [-0.25, -0.2) is 0 Å². The van der Waals surface area contributed by atoms with Gasteiger partial charge in [0.15, 0.2) is 5.75 Å². The average molecular weight is 260 g/mol. The van der Waals surface area contributed by atoms with E-state index in [1.807, 2.05) is 13.2 Å². The van der Waals surface area contributed by atoms with E-state index in [0.29, 0.717) is 22.9 Å². The van der Waals surface area contributed by atoms with Gasteiger partial charge in [0.1, 0.15) is 9.09 Å². The fourth-order valence-electron chi connectivity index (χ4n) is 1.22. The lowest BCUT2D eigenvalue weighted by Crippen LogP contribution is -2.23. The molecule has 0 fully saturated rings. The minimum atomic E-state index is -0.122. The van der Waals surface area contributed by atoms with Crippen molar-refractivity contribution in [2.24, 2.45) is 0 Å². The summed E-state index contributed by atoms with van der Waals surface area (Å²) in [4.78, 5) is 12.3. The van der Waals surface area contributed by atoms with E-state index < -0.39 is 0 Å². The number of anilines is 1. The third kappa shape index (κ3) is 2.62. The molecule has 0 aliphatic rings. The molecule has 1 rings (SSSR count). The molecule has 0 bridgehead atoms. The summed E-state index contributed by atoms with van der Waals surface area (Å²) in [7, 11) is 1.56. The number of nitrogens with two attached hydrogens (primary N) is 1. The minimum Gasteiger partial charge on any atom is -0.492 e. The lowest BCUT2D eigenvalue weighted by Gasteiger charge is -2.02. The maximum absolute atomic E-state index is 11.8. The number of nitrogen functional groups attached to an aromatic ring is 1. The third-order valence-electron chi connectivity index (χ3n) is 2.00. The number of methoxy groups -OCH3 is 1. The van der Waals surface area contributed by atoms with Crippen LogP contribution in [0.25, 0.3) is 0 Å². The van der Waals surface area contributed by atoms with Crippen LogP contribution in [0.2, 0.25) is 0 Å². The first kappa shape index (κ1) is 13.2. The second kappa shape index (κ2) is 6.00. The van der Waals surface area contributed by atoms with Gasteiger partial charge in [0.25, 0.3) is 5.91 Å². The van der Waals surface area contributed by atoms with E-state index >= 15 is 0 Å². The lowest BCUT2D eigenvalue weighted by atomic mass is 10.3. The highest BCUT2D eigenvalue weighted by Gasteiger charge is 2.20. The van der Waals surface area contributed by atoms with Gasteiger partial charge in [-0.05, 0) is 12.7 Å². The molecule has 16 heavy (non-hydrogen) atoms. The van der Waals surface area contributed by atoms with Gasteiger partial charge in [-0.2, -0.15) is 0 Å². The van der Waals surface area contributed by atoms with E-state index in [4.69, 9.17) is 10.5 Å². The van der Waals surface area contributed by atoms with Gasteiger partial charge < -0.3 is 15.8 Å². The zero-order chi connectivity index (χ0) is 12.1. The SMILES string of the molecule is CCCNC(=O)c1sc(SC)c(OC)c1N. The van der Waals surface area contributed by atoms with Crippen LogP contribution in [0.4, 0.5) is 5.69 Å². The highest BCUT2D eigenvalue weighted by atomic mass is 32.2. The molecule has 0 aliphatic heterocycles. The Labute approximate surface area is 104 Å². The Morgan fingerprint density at radius 1 is 1.62 bits per heavy atom. The van der Waals surface area contributed by atoms with Gasteiger partial charge in [0.2, 0.25) is 0 Å². The molecule has 0 aliphatic carbocycles. The van der Waals surface area contributed by atoms with Gasteiger partial charge >= 0.3 is 0 Å². The third-order valence-corrected chi connectivity index (χ3v) is 4.29. The van der Waals surface area contributed by atoms with Crippen molar-refractivity contribution in [1.82, 2.24) is 5.32 Å². The minimum absolute atomic E-state index is 0.122. The van der Waals surface area contributed by atoms with Crippen molar-refractivity contribution in [3.8, 4) is 5.75 Å². The quantitative estimate of drug-likeness (QED) is 0.797. The van der Waals surface area contributed by atoms with Crippen LogP contribution in [0, 0.1) is 0 Å². The Morgan fingerprint density at radius 2 is 2.31 bits per heavy atom. The number of carbonyl (C=O) groups excluding carboxylic acids is 1. The molecule has 0 radical (unpaired) electrons. The lowest BCUT2D eigenvalue weighted by molar-refractivity contribution is 0.0958. The smallest absolute Gasteiger partial charge is 0.263 e. The predicted molar refractivity (Wildman–Crippen MR) is 69.7 cm³/mol. The highest BCUT2D eigenvalue weighted by Crippen LogP contribution is 2.43. The molecule has 0 saturated heterocycles. The molecule has 6 heteroatoms. The number of thioether (sulfide) groups is 1. The molecular weight excluding hydrogens is 244 g/mol. The van der Waals surface area contributed by atoms with E-state index in [0.717, 1.165) is 10.6 Å². The first-order chi connectivity index (χ1) is 7.65. The molecule has 1 aromatic heterocycles. The van der Waals surface area contributed by atoms with Crippen LogP contribution in [0.1, 0.15) is 23.0 Å².